The van der Waals surface area contributed by atoms with Gasteiger partial charge in [0.1, 0.15) is 0 Å². The molecule has 0 saturated heterocycles. The van der Waals surface area contributed by atoms with Crippen LogP contribution >= 0.6 is 11.6 Å². The van der Waals surface area contributed by atoms with Crippen molar-refractivity contribution in [3.8, 4) is 33.9 Å². The summed E-state index contributed by atoms with van der Waals surface area (Å²) in [7, 11) is 0. The number of fused-ring (bicyclic) bond motifs is 3. The summed E-state index contributed by atoms with van der Waals surface area (Å²) in [5, 5.41) is 0.206. The van der Waals surface area contributed by atoms with Crippen LogP contribution in [0.3, 0.4) is 0 Å². The molecule has 5 rings (SSSR count). The van der Waals surface area contributed by atoms with E-state index in [4.69, 9.17) is 16.6 Å². The lowest BCUT2D eigenvalue weighted by molar-refractivity contribution is 1.07. The van der Waals surface area contributed by atoms with Crippen LogP contribution in [-0.2, 0) is 6.42 Å². The van der Waals surface area contributed by atoms with Crippen LogP contribution in [0.5, 0.6) is 0 Å². The highest BCUT2D eigenvalue weighted by atomic mass is 35.5. The van der Waals surface area contributed by atoms with Gasteiger partial charge in [-0.25, -0.2) is 4.98 Å². The third-order valence-corrected chi connectivity index (χ3v) is 4.87. The van der Waals surface area contributed by atoms with Crippen molar-refractivity contribution in [1.82, 2.24) is 15.0 Å². The Morgan fingerprint density at radius 2 is 1.31 bits per heavy atom. The van der Waals surface area contributed by atoms with E-state index in [1.165, 1.54) is 22.3 Å². The minimum atomic E-state index is 0.206. The maximum absolute atomic E-state index is 6.24. The fourth-order valence-electron chi connectivity index (χ4n) is 3.56. The van der Waals surface area contributed by atoms with Gasteiger partial charge < -0.3 is 0 Å². The van der Waals surface area contributed by atoms with Crippen LogP contribution in [0.25, 0.3) is 33.9 Å². The molecular weight excluding hydrogens is 342 g/mol. The monoisotopic (exact) mass is 355 g/mol. The van der Waals surface area contributed by atoms with Crippen molar-refractivity contribution >= 4 is 11.6 Å². The van der Waals surface area contributed by atoms with Crippen molar-refractivity contribution in [2.75, 3.05) is 0 Å². The third-order valence-electron chi connectivity index (χ3n) is 4.70. The normalized spacial score (nSPS) is 11.9. The minimum Gasteiger partial charge on any atom is -0.208 e. The van der Waals surface area contributed by atoms with Crippen molar-refractivity contribution < 1.29 is 0 Å². The molecule has 0 saturated carbocycles. The van der Waals surface area contributed by atoms with E-state index in [0.29, 0.717) is 11.6 Å². The van der Waals surface area contributed by atoms with Crippen molar-refractivity contribution in [1.29, 1.82) is 0 Å². The van der Waals surface area contributed by atoms with Gasteiger partial charge >= 0.3 is 0 Å². The van der Waals surface area contributed by atoms with E-state index in [-0.39, 0.29) is 5.28 Å². The number of benzene rings is 3. The predicted octanol–water partition coefficient (Wildman–Crippen LogP) is 5.43. The molecule has 3 aromatic carbocycles. The van der Waals surface area contributed by atoms with Crippen LogP contribution in [0.2, 0.25) is 5.28 Å². The van der Waals surface area contributed by atoms with Gasteiger partial charge in [-0.3, -0.25) is 0 Å². The van der Waals surface area contributed by atoms with Crippen molar-refractivity contribution in [2.24, 2.45) is 0 Å². The van der Waals surface area contributed by atoms with E-state index in [9.17, 15) is 0 Å². The summed E-state index contributed by atoms with van der Waals surface area (Å²) in [5.74, 6) is 1.20. The molecule has 1 aliphatic rings. The third kappa shape index (κ3) is 2.49. The van der Waals surface area contributed by atoms with Gasteiger partial charge in [-0.2, -0.15) is 9.97 Å². The molecule has 0 amide bonds. The lowest BCUT2D eigenvalue weighted by atomic mass is 9.99. The first kappa shape index (κ1) is 15.2. The zero-order valence-electron chi connectivity index (χ0n) is 13.9. The second-order valence-electron chi connectivity index (χ2n) is 6.29. The Hall–Kier alpha value is -3.04. The standard InChI is InChI=1S/C22H14ClN3/c23-22-25-20(14-7-2-1-3-8-14)24-21(26-22)18-12-6-10-16-13-15-9-4-5-11-17(15)19(16)18/h1-12H,13H2. The molecule has 1 aliphatic carbocycles. The van der Waals surface area contributed by atoms with Gasteiger partial charge in [0.25, 0.3) is 0 Å². The lowest BCUT2D eigenvalue weighted by Gasteiger charge is -2.10. The van der Waals surface area contributed by atoms with E-state index < -0.39 is 0 Å². The van der Waals surface area contributed by atoms with Gasteiger partial charge in [-0.05, 0) is 40.3 Å². The summed E-state index contributed by atoms with van der Waals surface area (Å²) < 4.78 is 0. The predicted molar refractivity (Wildman–Crippen MR) is 104 cm³/mol. The Morgan fingerprint density at radius 1 is 0.615 bits per heavy atom. The molecule has 1 heterocycles. The smallest absolute Gasteiger partial charge is 0.208 e. The molecule has 124 valence electrons. The highest BCUT2D eigenvalue weighted by Gasteiger charge is 2.23. The summed E-state index contributed by atoms with van der Waals surface area (Å²) >= 11 is 6.24. The second-order valence-corrected chi connectivity index (χ2v) is 6.63. The molecule has 4 heteroatoms. The van der Waals surface area contributed by atoms with E-state index in [0.717, 1.165) is 17.5 Å². The number of nitrogens with zero attached hydrogens (tertiary/aromatic N) is 3. The maximum atomic E-state index is 6.24. The van der Waals surface area contributed by atoms with Crippen molar-refractivity contribution in [2.45, 2.75) is 6.42 Å². The Morgan fingerprint density at radius 3 is 2.19 bits per heavy atom. The molecule has 0 bridgehead atoms. The van der Waals surface area contributed by atoms with Crippen LogP contribution in [0.15, 0.2) is 72.8 Å². The Balaban J connectivity index is 1.72. The number of hydrogen-bond acceptors (Lipinski definition) is 3. The van der Waals surface area contributed by atoms with Gasteiger partial charge in [0.15, 0.2) is 11.6 Å². The van der Waals surface area contributed by atoms with Gasteiger partial charge in [0.2, 0.25) is 5.28 Å². The number of aromatic nitrogens is 3. The topological polar surface area (TPSA) is 38.7 Å². The first-order chi connectivity index (χ1) is 12.8. The molecule has 26 heavy (non-hydrogen) atoms. The molecule has 0 unspecified atom stereocenters. The minimum absolute atomic E-state index is 0.206. The van der Waals surface area contributed by atoms with E-state index in [2.05, 4.69) is 52.4 Å². The summed E-state index contributed by atoms with van der Waals surface area (Å²) in [4.78, 5) is 13.5. The largest absolute Gasteiger partial charge is 0.226 e. The first-order valence-corrected chi connectivity index (χ1v) is 8.85. The van der Waals surface area contributed by atoms with Crippen LogP contribution in [0, 0.1) is 0 Å². The zero-order chi connectivity index (χ0) is 17.5. The van der Waals surface area contributed by atoms with Crippen molar-refractivity contribution in [3.63, 3.8) is 0 Å². The van der Waals surface area contributed by atoms with E-state index in [1.807, 2.05) is 30.3 Å². The number of rotatable bonds is 2. The molecular formula is C22H14ClN3. The zero-order valence-corrected chi connectivity index (χ0v) is 14.6. The Bertz CT molecular complexity index is 1120. The van der Waals surface area contributed by atoms with E-state index >= 15 is 0 Å². The SMILES string of the molecule is Clc1nc(-c2ccccc2)nc(-c2cccc3c2-c2ccccc2C3)n1. The molecule has 0 atom stereocenters. The summed E-state index contributed by atoms with van der Waals surface area (Å²) in [6, 6.07) is 24.6. The fraction of sp³-hybridized carbons (Fsp3) is 0.0455. The number of halogens is 1. The van der Waals surface area contributed by atoms with Crippen molar-refractivity contribution in [3.05, 3.63) is 89.2 Å². The second kappa shape index (κ2) is 6.04. The fourth-order valence-corrected chi connectivity index (χ4v) is 3.72. The van der Waals surface area contributed by atoms with Crippen LogP contribution < -0.4 is 0 Å². The molecule has 0 fully saturated rings. The maximum Gasteiger partial charge on any atom is 0.226 e. The molecule has 3 nitrogen and oxygen atoms in total. The van der Waals surface area contributed by atoms with Gasteiger partial charge in [-0.15, -0.1) is 0 Å². The van der Waals surface area contributed by atoms with Gasteiger partial charge in [-0.1, -0.05) is 72.8 Å². The highest BCUT2D eigenvalue weighted by molar-refractivity contribution is 6.28. The van der Waals surface area contributed by atoms with E-state index in [1.54, 1.807) is 0 Å². The summed E-state index contributed by atoms with van der Waals surface area (Å²) in [6.45, 7) is 0. The highest BCUT2D eigenvalue weighted by Crippen LogP contribution is 2.42. The number of hydrogen-bond donors (Lipinski definition) is 0. The average Bonchev–Trinajstić information content (AvgIpc) is 3.07. The van der Waals surface area contributed by atoms with Gasteiger partial charge in [0.05, 0.1) is 0 Å². The average molecular weight is 356 g/mol. The molecule has 0 aliphatic heterocycles. The molecule has 0 radical (unpaired) electrons. The molecule has 0 N–H and O–H groups in total. The Kier molecular flexibility index (Phi) is 3.54. The Labute approximate surface area is 156 Å². The molecule has 1 aromatic heterocycles. The lowest BCUT2D eigenvalue weighted by Crippen LogP contribution is -1.98. The quantitative estimate of drug-likeness (QED) is 0.424. The molecule has 0 spiro atoms. The molecule has 4 aromatic rings. The van der Waals surface area contributed by atoms with Crippen LogP contribution in [0.1, 0.15) is 11.1 Å². The van der Waals surface area contributed by atoms with Crippen LogP contribution in [-0.4, -0.2) is 15.0 Å². The van der Waals surface area contributed by atoms with Crippen LogP contribution in [0.4, 0.5) is 0 Å². The summed E-state index contributed by atoms with van der Waals surface area (Å²) in [6.07, 6.45) is 0.934. The van der Waals surface area contributed by atoms with Gasteiger partial charge in [0, 0.05) is 11.1 Å². The first-order valence-electron chi connectivity index (χ1n) is 8.47. The summed E-state index contributed by atoms with van der Waals surface area (Å²) in [5.41, 5.74) is 6.99.